The summed E-state index contributed by atoms with van der Waals surface area (Å²) in [6.45, 7) is 0. The van der Waals surface area contributed by atoms with Gasteiger partial charge in [0.05, 0.1) is 14.2 Å². The summed E-state index contributed by atoms with van der Waals surface area (Å²) in [5.74, 6) is -0.450. The van der Waals surface area contributed by atoms with E-state index in [4.69, 9.17) is 18.9 Å². The number of ether oxygens (including phenoxy) is 4. The van der Waals surface area contributed by atoms with E-state index in [1.54, 1.807) is 62.8 Å². The number of benzene rings is 2. The van der Waals surface area contributed by atoms with Crippen molar-refractivity contribution in [2.75, 3.05) is 28.4 Å². The normalized spacial score (nSPS) is 11.1. The number of methoxy groups -OCH3 is 4. The fraction of sp³-hybridized carbons (Fsp3) is 0.278. The fourth-order valence-electron chi connectivity index (χ4n) is 2.38. The van der Waals surface area contributed by atoms with Crippen molar-refractivity contribution in [1.82, 2.24) is 0 Å². The molecule has 0 amide bonds. The van der Waals surface area contributed by atoms with Gasteiger partial charge in [-0.3, -0.25) is 4.79 Å². The molecule has 0 unspecified atom stereocenters. The van der Waals surface area contributed by atoms with E-state index >= 15 is 0 Å². The van der Waals surface area contributed by atoms with Crippen molar-refractivity contribution in [3.05, 3.63) is 59.7 Å². The van der Waals surface area contributed by atoms with Crippen LogP contribution >= 0.6 is 0 Å². The van der Waals surface area contributed by atoms with Crippen molar-refractivity contribution in [2.24, 2.45) is 0 Å². The smallest absolute Gasteiger partial charge is 0.260 e. The summed E-state index contributed by atoms with van der Waals surface area (Å²) in [5.41, 5.74) is 1.05. The molecule has 0 aliphatic carbocycles. The second-order valence-electron chi connectivity index (χ2n) is 4.81. The maximum absolute atomic E-state index is 13.0. The molecule has 0 aliphatic rings. The highest BCUT2D eigenvalue weighted by Crippen LogP contribution is 2.32. The summed E-state index contributed by atoms with van der Waals surface area (Å²) in [6, 6.07) is 13.8. The molecule has 23 heavy (non-hydrogen) atoms. The van der Waals surface area contributed by atoms with Crippen molar-refractivity contribution in [1.29, 1.82) is 0 Å². The molecule has 0 bridgehead atoms. The first kappa shape index (κ1) is 17.0. The Balaban J connectivity index is 2.43. The molecule has 122 valence electrons. The first-order valence-electron chi connectivity index (χ1n) is 7.05. The number of hydrogen-bond donors (Lipinski definition) is 0. The molecule has 0 fully saturated rings. The van der Waals surface area contributed by atoms with Crippen LogP contribution in [0, 0.1) is 0 Å². The Morgan fingerprint density at radius 1 is 0.739 bits per heavy atom. The zero-order chi connectivity index (χ0) is 16.9. The van der Waals surface area contributed by atoms with Gasteiger partial charge in [0.15, 0.2) is 0 Å². The maximum atomic E-state index is 13.0. The van der Waals surface area contributed by atoms with Gasteiger partial charge in [0, 0.05) is 25.3 Å². The lowest BCUT2D eigenvalue weighted by atomic mass is 9.95. The lowest BCUT2D eigenvalue weighted by molar-refractivity contribution is -0.176. The van der Waals surface area contributed by atoms with Crippen LogP contribution < -0.4 is 9.47 Å². The van der Waals surface area contributed by atoms with Crippen LogP contribution in [0.5, 0.6) is 11.5 Å². The minimum Gasteiger partial charge on any atom is -0.497 e. The average Bonchev–Trinajstić information content (AvgIpc) is 2.63. The Labute approximate surface area is 135 Å². The molecular weight excluding hydrogens is 296 g/mol. The SMILES string of the molecule is COc1ccc(C(=O)C(OC)(OC)c2ccc(OC)cc2)cc1. The number of carbonyl (C=O) groups excluding carboxylic acids is 1. The molecule has 0 aliphatic heterocycles. The summed E-state index contributed by atoms with van der Waals surface area (Å²) in [6.07, 6.45) is 0. The van der Waals surface area contributed by atoms with Crippen LogP contribution in [0.4, 0.5) is 0 Å². The maximum Gasteiger partial charge on any atom is 0.260 e. The highest BCUT2D eigenvalue weighted by molar-refractivity contribution is 6.02. The quantitative estimate of drug-likeness (QED) is 0.580. The molecule has 5 nitrogen and oxygen atoms in total. The van der Waals surface area contributed by atoms with Crippen LogP contribution in [0.25, 0.3) is 0 Å². The van der Waals surface area contributed by atoms with Gasteiger partial charge in [-0.1, -0.05) is 0 Å². The average molecular weight is 316 g/mol. The second-order valence-corrected chi connectivity index (χ2v) is 4.81. The van der Waals surface area contributed by atoms with E-state index in [-0.39, 0.29) is 5.78 Å². The van der Waals surface area contributed by atoms with Gasteiger partial charge in [-0.05, 0) is 48.5 Å². The van der Waals surface area contributed by atoms with Crippen LogP contribution in [-0.4, -0.2) is 34.2 Å². The third-order valence-corrected chi connectivity index (χ3v) is 3.70. The van der Waals surface area contributed by atoms with Gasteiger partial charge in [-0.15, -0.1) is 0 Å². The molecule has 0 spiro atoms. The molecule has 0 heterocycles. The highest BCUT2D eigenvalue weighted by Gasteiger charge is 2.41. The Kier molecular flexibility index (Phi) is 5.36. The van der Waals surface area contributed by atoms with E-state index in [9.17, 15) is 4.79 Å². The summed E-state index contributed by atoms with van der Waals surface area (Å²) >= 11 is 0. The van der Waals surface area contributed by atoms with E-state index in [1.165, 1.54) is 14.2 Å². The summed E-state index contributed by atoms with van der Waals surface area (Å²) < 4.78 is 21.2. The van der Waals surface area contributed by atoms with Crippen LogP contribution in [0.1, 0.15) is 15.9 Å². The van der Waals surface area contributed by atoms with Gasteiger partial charge in [0.2, 0.25) is 5.78 Å². The van der Waals surface area contributed by atoms with Gasteiger partial charge < -0.3 is 18.9 Å². The lowest BCUT2D eigenvalue weighted by Crippen LogP contribution is -2.40. The van der Waals surface area contributed by atoms with Crippen molar-refractivity contribution in [3.63, 3.8) is 0 Å². The van der Waals surface area contributed by atoms with Crippen molar-refractivity contribution in [3.8, 4) is 11.5 Å². The lowest BCUT2D eigenvalue weighted by Gasteiger charge is -2.29. The first-order valence-corrected chi connectivity index (χ1v) is 7.05. The molecule has 0 N–H and O–H groups in total. The molecule has 0 saturated heterocycles. The Morgan fingerprint density at radius 3 is 1.57 bits per heavy atom. The number of carbonyl (C=O) groups is 1. The topological polar surface area (TPSA) is 54.0 Å². The summed E-state index contributed by atoms with van der Waals surface area (Å²) in [4.78, 5) is 13.0. The number of ketones is 1. The largest absolute Gasteiger partial charge is 0.497 e. The predicted octanol–water partition coefficient (Wildman–Crippen LogP) is 3.03. The van der Waals surface area contributed by atoms with Gasteiger partial charge in [-0.2, -0.15) is 0 Å². The third kappa shape index (κ3) is 3.21. The summed E-state index contributed by atoms with van der Waals surface area (Å²) in [5, 5.41) is 0. The fourth-order valence-corrected chi connectivity index (χ4v) is 2.38. The summed E-state index contributed by atoms with van der Waals surface area (Å²) in [7, 11) is 6.03. The third-order valence-electron chi connectivity index (χ3n) is 3.70. The van der Waals surface area contributed by atoms with Gasteiger partial charge in [0.1, 0.15) is 11.5 Å². The van der Waals surface area contributed by atoms with Crippen LogP contribution in [0.15, 0.2) is 48.5 Å². The van der Waals surface area contributed by atoms with Gasteiger partial charge in [0.25, 0.3) is 5.79 Å². The van der Waals surface area contributed by atoms with Crippen LogP contribution in [0.3, 0.4) is 0 Å². The van der Waals surface area contributed by atoms with E-state index < -0.39 is 5.79 Å². The van der Waals surface area contributed by atoms with E-state index in [1.807, 2.05) is 0 Å². The highest BCUT2D eigenvalue weighted by atomic mass is 16.7. The van der Waals surface area contributed by atoms with Crippen LogP contribution in [-0.2, 0) is 15.3 Å². The molecule has 2 aromatic rings. The first-order chi connectivity index (χ1) is 11.1. The molecule has 5 heteroatoms. The van der Waals surface area contributed by atoms with E-state index in [0.717, 1.165) is 0 Å². The number of hydrogen-bond acceptors (Lipinski definition) is 5. The number of rotatable bonds is 7. The Hall–Kier alpha value is -2.37. The number of Topliss-reactive ketones (excluding diaryl/α,β-unsaturated/α-hetero) is 1. The monoisotopic (exact) mass is 316 g/mol. The Morgan fingerprint density at radius 2 is 1.17 bits per heavy atom. The Bertz CT molecular complexity index is 642. The minimum atomic E-state index is -1.51. The zero-order valence-electron chi connectivity index (χ0n) is 13.7. The standard InChI is InChI=1S/C18H20O5/c1-20-15-9-5-13(6-10-15)17(19)18(22-3,23-4)14-7-11-16(21-2)12-8-14/h5-12H,1-4H3. The molecule has 2 rings (SSSR count). The van der Waals surface area contributed by atoms with Crippen molar-refractivity contribution >= 4 is 5.78 Å². The minimum absolute atomic E-state index is 0.296. The molecular formula is C18H20O5. The van der Waals surface area contributed by atoms with Crippen molar-refractivity contribution < 1.29 is 23.7 Å². The molecule has 2 aromatic carbocycles. The van der Waals surface area contributed by atoms with E-state index in [2.05, 4.69) is 0 Å². The predicted molar refractivity (Wildman–Crippen MR) is 86.0 cm³/mol. The molecule has 0 aromatic heterocycles. The van der Waals surface area contributed by atoms with Gasteiger partial charge >= 0.3 is 0 Å². The van der Waals surface area contributed by atoms with Crippen molar-refractivity contribution in [2.45, 2.75) is 5.79 Å². The van der Waals surface area contributed by atoms with E-state index in [0.29, 0.717) is 22.6 Å². The molecule has 0 saturated carbocycles. The van der Waals surface area contributed by atoms with Crippen LogP contribution in [0.2, 0.25) is 0 Å². The molecule has 0 radical (unpaired) electrons. The molecule has 0 atom stereocenters. The zero-order valence-corrected chi connectivity index (χ0v) is 13.7. The van der Waals surface area contributed by atoms with Gasteiger partial charge in [-0.25, -0.2) is 0 Å². The second kappa shape index (κ2) is 7.26.